The van der Waals surface area contributed by atoms with E-state index in [-0.39, 0.29) is 37.2 Å². The lowest BCUT2D eigenvalue weighted by Gasteiger charge is -2.17. The highest BCUT2D eigenvalue weighted by molar-refractivity contribution is 5.86. The summed E-state index contributed by atoms with van der Waals surface area (Å²) in [6, 6.07) is 25.7. The van der Waals surface area contributed by atoms with E-state index in [2.05, 4.69) is 69.8 Å². The summed E-state index contributed by atoms with van der Waals surface area (Å²) in [4.78, 5) is 6.93. The van der Waals surface area contributed by atoms with Crippen molar-refractivity contribution in [2.45, 2.75) is 25.4 Å². The fraction of sp³-hybridized carbons (Fsp3) is 0.292. The Morgan fingerprint density at radius 3 is 2.32 bits per heavy atom. The zero-order valence-electron chi connectivity index (χ0n) is 17.4. The lowest BCUT2D eigenvalue weighted by atomic mass is 10.1. The minimum absolute atomic E-state index is 0. The third-order valence-electron chi connectivity index (χ3n) is 5.39. The Morgan fingerprint density at radius 1 is 0.871 bits per heavy atom. The summed E-state index contributed by atoms with van der Waals surface area (Å²) < 4.78 is 0. The van der Waals surface area contributed by atoms with Crippen LogP contribution < -0.4 is 11.1 Å². The van der Waals surface area contributed by atoms with Crippen molar-refractivity contribution in [3.8, 4) is 11.3 Å². The van der Waals surface area contributed by atoms with Crippen molar-refractivity contribution >= 4 is 43.0 Å². The standard InChI is InChI=1S/C24H28N4.3ClH/c25-24-8-4-7-23(27-24)21-11-9-19(10-12-21)13-15-26-22-14-16-28(18-22)17-20-5-2-1-3-6-20;;;/h1-12,22,26H,13-18H2,(H2,25,27);3*1H. The minimum Gasteiger partial charge on any atom is -0.384 e. The zero-order chi connectivity index (χ0) is 19.2. The number of benzene rings is 2. The van der Waals surface area contributed by atoms with Gasteiger partial charge in [-0.25, -0.2) is 4.98 Å². The normalized spacial score (nSPS) is 15.4. The molecule has 0 spiro atoms. The van der Waals surface area contributed by atoms with Gasteiger partial charge in [0, 0.05) is 31.2 Å². The van der Waals surface area contributed by atoms with Crippen LogP contribution in [0.25, 0.3) is 11.3 Å². The van der Waals surface area contributed by atoms with E-state index in [1.807, 2.05) is 18.2 Å². The summed E-state index contributed by atoms with van der Waals surface area (Å²) >= 11 is 0. The van der Waals surface area contributed by atoms with E-state index in [1.165, 1.54) is 24.1 Å². The van der Waals surface area contributed by atoms with Gasteiger partial charge in [0.25, 0.3) is 0 Å². The smallest absolute Gasteiger partial charge is 0.124 e. The molecule has 0 bridgehead atoms. The predicted octanol–water partition coefficient (Wildman–Crippen LogP) is 5.00. The highest BCUT2D eigenvalue weighted by Crippen LogP contribution is 2.19. The van der Waals surface area contributed by atoms with Gasteiger partial charge in [-0.05, 0) is 42.6 Å². The van der Waals surface area contributed by atoms with Crippen LogP contribution in [0.2, 0.25) is 0 Å². The number of pyridine rings is 1. The molecule has 0 radical (unpaired) electrons. The van der Waals surface area contributed by atoms with E-state index in [1.54, 1.807) is 0 Å². The second-order valence-corrected chi connectivity index (χ2v) is 7.56. The summed E-state index contributed by atoms with van der Waals surface area (Å²) in [5.74, 6) is 0.559. The van der Waals surface area contributed by atoms with Gasteiger partial charge in [-0.15, -0.1) is 37.2 Å². The molecular weight excluding hydrogens is 451 g/mol. The van der Waals surface area contributed by atoms with Crippen molar-refractivity contribution in [3.05, 3.63) is 83.9 Å². The number of anilines is 1. The number of hydrogen-bond donors (Lipinski definition) is 2. The second-order valence-electron chi connectivity index (χ2n) is 7.56. The van der Waals surface area contributed by atoms with Gasteiger partial charge >= 0.3 is 0 Å². The number of nitrogens with zero attached hydrogens (tertiary/aromatic N) is 2. The molecule has 2 aromatic carbocycles. The quantitative estimate of drug-likeness (QED) is 0.498. The van der Waals surface area contributed by atoms with Crippen LogP contribution in [0.4, 0.5) is 5.82 Å². The zero-order valence-corrected chi connectivity index (χ0v) is 19.9. The Morgan fingerprint density at radius 2 is 1.61 bits per heavy atom. The van der Waals surface area contributed by atoms with Crippen molar-refractivity contribution in [2.24, 2.45) is 0 Å². The van der Waals surface area contributed by atoms with Gasteiger partial charge in [0.1, 0.15) is 5.82 Å². The minimum atomic E-state index is 0. The summed E-state index contributed by atoms with van der Waals surface area (Å²) in [7, 11) is 0. The van der Waals surface area contributed by atoms with Gasteiger partial charge in [0.05, 0.1) is 5.69 Å². The van der Waals surface area contributed by atoms with Crippen LogP contribution in [0.15, 0.2) is 72.8 Å². The maximum atomic E-state index is 5.78. The molecule has 3 N–H and O–H groups in total. The lowest BCUT2D eigenvalue weighted by Crippen LogP contribution is -2.33. The molecule has 0 aliphatic carbocycles. The molecule has 168 valence electrons. The molecule has 2 heterocycles. The van der Waals surface area contributed by atoms with Crippen molar-refractivity contribution in [1.82, 2.24) is 15.2 Å². The molecular formula is C24H31Cl3N4. The molecule has 3 aromatic rings. The van der Waals surface area contributed by atoms with Crippen LogP contribution in [0.1, 0.15) is 17.5 Å². The molecule has 4 nitrogen and oxygen atoms in total. The first-order valence-electron chi connectivity index (χ1n) is 10.1. The van der Waals surface area contributed by atoms with Crippen LogP contribution in [-0.4, -0.2) is 35.6 Å². The molecule has 31 heavy (non-hydrogen) atoms. The molecule has 1 aliphatic heterocycles. The monoisotopic (exact) mass is 480 g/mol. The van der Waals surface area contributed by atoms with Crippen LogP contribution in [0.3, 0.4) is 0 Å². The number of likely N-dealkylation sites (tertiary alicyclic amines) is 1. The van der Waals surface area contributed by atoms with E-state index in [9.17, 15) is 0 Å². The van der Waals surface area contributed by atoms with Crippen molar-refractivity contribution in [1.29, 1.82) is 0 Å². The number of nitrogen functional groups attached to an aromatic ring is 1. The van der Waals surface area contributed by atoms with Gasteiger partial charge < -0.3 is 11.1 Å². The van der Waals surface area contributed by atoms with Crippen LogP contribution in [0.5, 0.6) is 0 Å². The van der Waals surface area contributed by atoms with Crippen LogP contribution in [0, 0.1) is 0 Å². The summed E-state index contributed by atoms with van der Waals surface area (Å²) in [5, 5.41) is 3.73. The van der Waals surface area contributed by atoms with Crippen LogP contribution >= 0.6 is 37.2 Å². The highest BCUT2D eigenvalue weighted by atomic mass is 35.5. The largest absolute Gasteiger partial charge is 0.384 e. The van der Waals surface area contributed by atoms with E-state index >= 15 is 0 Å². The van der Waals surface area contributed by atoms with Crippen molar-refractivity contribution in [3.63, 3.8) is 0 Å². The Labute approximate surface area is 203 Å². The fourth-order valence-electron chi connectivity index (χ4n) is 3.86. The summed E-state index contributed by atoms with van der Waals surface area (Å²) in [5.41, 5.74) is 10.6. The summed E-state index contributed by atoms with van der Waals surface area (Å²) in [6.45, 7) is 4.38. The fourth-order valence-corrected chi connectivity index (χ4v) is 3.86. The van der Waals surface area contributed by atoms with Gasteiger partial charge in [-0.2, -0.15) is 0 Å². The van der Waals surface area contributed by atoms with Gasteiger partial charge in [0.2, 0.25) is 0 Å². The first-order valence-corrected chi connectivity index (χ1v) is 10.1. The topological polar surface area (TPSA) is 54.2 Å². The molecule has 1 atom stereocenters. The number of nitrogens with one attached hydrogen (secondary N) is 1. The number of rotatable bonds is 7. The Kier molecular flexibility index (Phi) is 11.9. The predicted molar refractivity (Wildman–Crippen MR) is 138 cm³/mol. The molecule has 1 aliphatic rings. The third kappa shape index (κ3) is 7.99. The average Bonchev–Trinajstić information content (AvgIpc) is 3.16. The molecule has 1 aromatic heterocycles. The Bertz CT molecular complexity index is 891. The number of nitrogens with two attached hydrogens (primary N) is 1. The molecule has 4 rings (SSSR count). The average molecular weight is 482 g/mol. The Balaban J connectivity index is 0.00000160. The molecule has 0 amide bonds. The number of hydrogen-bond acceptors (Lipinski definition) is 4. The number of aromatic nitrogens is 1. The SMILES string of the molecule is Cl.Cl.Cl.Nc1cccc(-c2ccc(CCNC3CCN(Cc4ccccc4)C3)cc2)n1. The van der Waals surface area contributed by atoms with Gasteiger partial charge in [0.15, 0.2) is 0 Å². The van der Waals surface area contributed by atoms with E-state index in [4.69, 9.17) is 5.73 Å². The molecule has 1 fully saturated rings. The van der Waals surface area contributed by atoms with E-state index < -0.39 is 0 Å². The molecule has 1 saturated heterocycles. The second kappa shape index (κ2) is 13.6. The number of halogens is 3. The first-order chi connectivity index (χ1) is 13.8. The lowest BCUT2D eigenvalue weighted by molar-refractivity contribution is 0.320. The molecule has 0 saturated carbocycles. The first kappa shape index (κ1) is 27.2. The van der Waals surface area contributed by atoms with E-state index in [0.29, 0.717) is 11.9 Å². The van der Waals surface area contributed by atoms with Crippen molar-refractivity contribution < 1.29 is 0 Å². The molecule has 7 heteroatoms. The maximum absolute atomic E-state index is 5.78. The maximum Gasteiger partial charge on any atom is 0.124 e. The third-order valence-corrected chi connectivity index (χ3v) is 5.39. The summed E-state index contributed by atoms with van der Waals surface area (Å²) in [6.07, 6.45) is 2.27. The van der Waals surface area contributed by atoms with Gasteiger partial charge in [-0.1, -0.05) is 60.7 Å². The van der Waals surface area contributed by atoms with E-state index in [0.717, 1.165) is 37.3 Å². The highest BCUT2D eigenvalue weighted by Gasteiger charge is 2.21. The van der Waals surface area contributed by atoms with Gasteiger partial charge in [-0.3, -0.25) is 4.90 Å². The Hall–Kier alpha value is -1.82. The van der Waals surface area contributed by atoms with Crippen LogP contribution in [-0.2, 0) is 13.0 Å². The molecule has 1 unspecified atom stereocenters. The van der Waals surface area contributed by atoms with Crippen molar-refractivity contribution in [2.75, 3.05) is 25.4 Å².